The zero-order valence-electron chi connectivity index (χ0n) is 17.1. The molecule has 1 N–H and O–H groups in total. The molecule has 7 nitrogen and oxygen atoms in total. The summed E-state index contributed by atoms with van der Waals surface area (Å²) in [6, 6.07) is 6.95. The number of fused-ring (bicyclic) bond motifs is 2. The standard InChI is InChI=1S/C22H28N6O/c1-27-10-9-15-3-4-18(11-16(15)14-27)25-22-23-12-17-13-24-28(21(17)26-22)19-5-7-20(29-2)8-6-19/h3-4,11-13,19-20H,5-10,14H2,1-2H3,(H,23,25,26)/t19-,20-. The molecule has 0 radical (unpaired) electrons. The number of likely N-dealkylation sites (N-methyl/N-ethyl adjacent to an activating group) is 1. The quantitative estimate of drug-likeness (QED) is 0.730. The molecule has 0 saturated heterocycles. The van der Waals surface area contributed by atoms with Gasteiger partial charge < -0.3 is 15.0 Å². The Morgan fingerprint density at radius 1 is 1.10 bits per heavy atom. The lowest BCUT2D eigenvalue weighted by Gasteiger charge is -2.27. The van der Waals surface area contributed by atoms with Gasteiger partial charge in [0.2, 0.25) is 5.95 Å². The van der Waals surface area contributed by atoms with E-state index < -0.39 is 0 Å². The van der Waals surface area contributed by atoms with Gasteiger partial charge in [-0.05, 0) is 62.4 Å². The maximum atomic E-state index is 5.51. The van der Waals surface area contributed by atoms with Crippen molar-refractivity contribution in [1.82, 2.24) is 24.6 Å². The summed E-state index contributed by atoms with van der Waals surface area (Å²) < 4.78 is 7.59. The van der Waals surface area contributed by atoms with Crippen LogP contribution in [0, 0.1) is 0 Å². The second-order valence-electron chi connectivity index (χ2n) is 8.32. The third-order valence-electron chi connectivity index (χ3n) is 6.32. The highest BCUT2D eigenvalue weighted by Crippen LogP contribution is 2.31. The van der Waals surface area contributed by atoms with E-state index in [0.717, 1.165) is 61.9 Å². The SMILES string of the molecule is CO[C@H]1CC[C@H](n2ncc3cnc(Nc4ccc5c(c4)CN(C)CC5)nc32)CC1. The van der Waals surface area contributed by atoms with E-state index >= 15 is 0 Å². The Balaban J connectivity index is 1.38. The molecule has 2 aliphatic rings. The molecule has 5 rings (SSSR count). The number of ether oxygens (including phenoxy) is 1. The Bertz CT molecular complexity index is 1010. The summed E-state index contributed by atoms with van der Waals surface area (Å²) in [5.41, 5.74) is 4.76. The minimum Gasteiger partial charge on any atom is -0.381 e. The summed E-state index contributed by atoms with van der Waals surface area (Å²) in [6.07, 6.45) is 9.50. The van der Waals surface area contributed by atoms with Crippen LogP contribution in [0.2, 0.25) is 0 Å². The molecule has 1 aromatic carbocycles. The third-order valence-corrected chi connectivity index (χ3v) is 6.32. The molecule has 2 aromatic heterocycles. The summed E-state index contributed by atoms with van der Waals surface area (Å²) in [5.74, 6) is 0.619. The van der Waals surface area contributed by atoms with Crippen molar-refractivity contribution >= 4 is 22.7 Å². The van der Waals surface area contributed by atoms with Crippen molar-refractivity contribution in [2.75, 3.05) is 26.0 Å². The summed E-state index contributed by atoms with van der Waals surface area (Å²) in [5, 5.41) is 9.00. The topological polar surface area (TPSA) is 68.1 Å². The van der Waals surface area contributed by atoms with Gasteiger partial charge in [0.15, 0.2) is 5.65 Å². The zero-order chi connectivity index (χ0) is 19.8. The van der Waals surface area contributed by atoms with E-state index in [1.165, 1.54) is 11.1 Å². The van der Waals surface area contributed by atoms with Crippen molar-refractivity contribution in [2.45, 2.75) is 50.8 Å². The van der Waals surface area contributed by atoms with Crippen LogP contribution in [-0.2, 0) is 17.7 Å². The molecule has 1 aliphatic heterocycles. The van der Waals surface area contributed by atoms with Gasteiger partial charge in [-0.25, -0.2) is 9.67 Å². The average Bonchev–Trinajstić information content (AvgIpc) is 3.17. The molecule has 0 unspecified atom stereocenters. The molecular weight excluding hydrogens is 364 g/mol. The molecular formula is C22H28N6O. The van der Waals surface area contributed by atoms with Gasteiger partial charge in [-0.15, -0.1) is 0 Å². The molecule has 3 aromatic rings. The van der Waals surface area contributed by atoms with E-state index in [1.807, 2.05) is 12.4 Å². The normalized spacial score (nSPS) is 22.6. The van der Waals surface area contributed by atoms with E-state index in [0.29, 0.717) is 18.1 Å². The van der Waals surface area contributed by atoms with Gasteiger partial charge in [0.25, 0.3) is 0 Å². The van der Waals surface area contributed by atoms with E-state index in [9.17, 15) is 0 Å². The predicted molar refractivity (Wildman–Crippen MR) is 113 cm³/mol. The van der Waals surface area contributed by atoms with Crippen LogP contribution in [0.4, 0.5) is 11.6 Å². The smallest absolute Gasteiger partial charge is 0.229 e. The maximum Gasteiger partial charge on any atom is 0.229 e. The number of nitrogens with zero attached hydrogens (tertiary/aromatic N) is 5. The lowest BCUT2D eigenvalue weighted by Crippen LogP contribution is -2.26. The van der Waals surface area contributed by atoms with Gasteiger partial charge in [0.05, 0.1) is 23.7 Å². The van der Waals surface area contributed by atoms with E-state index in [-0.39, 0.29) is 0 Å². The van der Waals surface area contributed by atoms with Crippen molar-refractivity contribution in [1.29, 1.82) is 0 Å². The number of benzene rings is 1. The van der Waals surface area contributed by atoms with Crippen molar-refractivity contribution < 1.29 is 4.74 Å². The van der Waals surface area contributed by atoms with Crippen molar-refractivity contribution in [3.05, 3.63) is 41.7 Å². The van der Waals surface area contributed by atoms with Crippen LogP contribution in [0.3, 0.4) is 0 Å². The number of hydrogen-bond acceptors (Lipinski definition) is 6. The molecule has 0 atom stereocenters. The number of aromatic nitrogens is 4. The first-order valence-electron chi connectivity index (χ1n) is 10.5. The van der Waals surface area contributed by atoms with Crippen LogP contribution < -0.4 is 5.32 Å². The fourth-order valence-electron chi connectivity index (χ4n) is 4.59. The number of methoxy groups -OCH3 is 1. The number of anilines is 2. The Hall–Kier alpha value is -2.51. The first-order chi connectivity index (χ1) is 14.2. The fraction of sp³-hybridized carbons (Fsp3) is 0.500. The first-order valence-corrected chi connectivity index (χ1v) is 10.5. The van der Waals surface area contributed by atoms with Gasteiger partial charge in [-0.3, -0.25) is 0 Å². The van der Waals surface area contributed by atoms with Gasteiger partial charge in [0.1, 0.15) is 0 Å². The van der Waals surface area contributed by atoms with Gasteiger partial charge in [0, 0.05) is 32.1 Å². The summed E-state index contributed by atoms with van der Waals surface area (Å²) in [7, 11) is 3.97. The highest BCUT2D eigenvalue weighted by molar-refractivity contribution is 5.75. The molecule has 1 saturated carbocycles. The van der Waals surface area contributed by atoms with Crippen LogP contribution in [-0.4, -0.2) is 51.5 Å². The van der Waals surface area contributed by atoms with E-state index in [1.54, 1.807) is 7.11 Å². The Morgan fingerprint density at radius 2 is 1.97 bits per heavy atom. The highest BCUT2D eigenvalue weighted by atomic mass is 16.5. The Kier molecular flexibility index (Phi) is 4.93. The minimum absolute atomic E-state index is 0.376. The second-order valence-corrected chi connectivity index (χ2v) is 8.32. The molecule has 0 amide bonds. The molecule has 7 heteroatoms. The molecule has 0 bridgehead atoms. The summed E-state index contributed by atoms with van der Waals surface area (Å²) >= 11 is 0. The predicted octanol–water partition coefficient (Wildman–Crippen LogP) is 3.69. The lowest BCUT2D eigenvalue weighted by molar-refractivity contribution is 0.0573. The van der Waals surface area contributed by atoms with Gasteiger partial charge in [-0.2, -0.15) is 10.1 Å². The van der Waals surface area contributed by atoms with Crippen molar-refractivity contribution in [3.8, 4) is 0 Å². The Morgan fingerprint density at radius 3 is 2.79 bits per heavy atom. The van der Waals surface area contributed by atoms with Crippen LogP contribution in [0.5, 0.6) is 0 Å². The van der Waals surface area contributed by atoms with Crippen molar-refractivity contribution in [3.63, 3.8) is 0 Å². The molecule has 29 heavy (non-hydrogen) atoms. The van der Waals surface area contributed by atoms with E-state index in [4.69, 9.17) is 9.72 Å². The maximum absolute atomic E-state index is 5.51. The second kappa shape index (κ2) is 7.72. The van der Waals surface area contributed by atoms with E-state index in [2.05, 4.69) is 50.2 Å². The van der Waals surface area contributed by atoms with Gasteiger partial charge in [-0.1, -0.05) is 6.07 Å². The number of hydrogen-bond donors (Lipinski definition) is 1. The average molecular weight is 393 g/mol. The van der Waals surface area contributed by atoms with Crippen LogP contribution in [0.1, 0.15) is 42.9 Å². The monoisotopic (exact) mass is 392 g/mol. The first kappa shape index (κ1) is 18.5. The van der Waals surface area contributed by atoms with Crippen molar-refractivity contribution in [2.24, 2.45) is 0 Å². The van der Waals surface area contributed by atoms with Gasteiger partial charge >= 0.3 is 0 Å². The van der Waals surface area contributed by atoms with Crippen LogP contribution >= 0.6 is 0 Å². The number of rotatable bonds is 4. The minimum atomic E-state index is 0.376. The molecule has 1 aliphatic carbocycles. The van der Waals surface area contributed by atoms with Crippen LogP contribution in [0.25, 0.3) is 11.0 Å². The molecule has 0 spiro atoms. The summed E-state index contributed by atoms with van der Waals surface area (Å²) in [4.78, 5) is 11.7. The Labute approximate surface area is 171 Å². The lowest BCUT2D eigenvalue weighted by atomic mass is 9.93. The molecule has 3 heterocycles. The van der Waals surface area contributed by atoms with Crippen LogP contribution in [0.15, 0.2) is 30.6 Å². The number of nitrogens with one attached hydrogen (secondary N) is 1. The fourth-order valence-corrected chi connectivity index (χ4v) is 4.59. The third kappa shape index (κ3) is 3.72. The molecule has 1 fully saturated rings. The highest BCUT2D eigenvalue weighted by Gasteiger charge is 2.24. The zero-order valence-corrected chi connectivity index (χ0v) is 17.1. The molecule has 152 valence electrons. The largest absolute Gasteiger partial charge is 0.381 e. The summed E-state index contributed by atoms with van der Waals surface area (Å²) in [6.45, 7) is 2.11.